The lowest BCUT2D eigenvalue weighted by Gasteiger charge is -2.31. The zero-order valence-electron chi connectivity index (χ0n) is 17.1. The van der Waals surface area contributed by atoms with Gasteiger partial charge in [0.2, 0.25) is 15.9 Å². The Balaban J connectivity index is 1.49. The maximum atomic E-state index is 12.9. The van der Waals surface area contributed by atoms with Crippen LogP contribution in [0.2, 0.25) is 0 Å². The first-order chi connectivity index (χ1) is 14.0. The van der Waals surface area contributed by atoms with Crippen molar-refractivity contribution in [2.45, 2.75) is 55.1 Å². The number of hydrogen-bond donors (Lipinski definition) is 1. The number of carbonyl (C=O) groups is 1. The van der Waals surface area contributed by atoms with Gasteiger partial charge >= 0.3 is 0 Å². The summed E-state index contributed by atoms with van der Waals surface area (Å²) in [5, 5.41) is 3.76. The molecule has 0 unspecified atom stereocenters. The Kier molecular flexibility index (Phi) is 8.26. The number of sulfonamides is 1. The molecule has 29 heavy (non-hydrogen) atoms. The minimum Gasteiger partial charge on any atom is -0.497 e. The average Bonchev–Trinajstić information content (AvgIpc) is 2.77. The number of hydrogen-bond acceptors (Lipinski definition) is 5. The van der Waals surface area contributed by atoms with Crippen molar-refractivity contribution in [3.63, 3.8) is 0 Å². The molecule has 1 aliphatic heterocycles. The summed E-state index contributed by atoms with van der Waals surface area (Å²) in [5.41, 5.74) is 0. The molecule has 2 fully saturated rings. The molecule has 1 atom stereocenters. The summed E-state index contributed by atoms with van der Waals surface area (Å²) < 4.78 is 32.4. The minimum absolute atomic E-state index is 0.0242. The van der Waals surface area contributed by atoms with Crippen LogP contribution in [0.1, 0.15) is 44.9 Å². The van der Waals surface area contributed by atoms with Crippen molar-refractivity contribution in [2.24, 2.45) is 5.92 Å². The average molecular weight is 441 g/mol. The van der Waals surface area contributed by atoms with Gasteiger partial charge in [-0.2, -0.15) is 16.1 Å². The van der Waals surface area contributed by atoms with Crippen LogP contribution in [0.4, 0.5) is 0 Å². The number of methoxy groups -OCH3 is 1. The molecule has 1 amide bonds. The molecule has 6 nitrogen and oxygen atoms in total. The third-order valence-corrected chi connectivity index (χ3v) is 9.02. The van der Waals surface area contributed by atoms with Gasteiger partial charge in [0.05, 0.1) is 17.9 Å². The van der Waals surface area contributed by atoms with Crippen molar-refractivity contribution >= 4 is 27.7 Å². The normalized spacial score (nSPS) is 21.6. The van der Waals surface area contributed by atoms with Crippen LogP contribution in [-0.4, -0.2) is 56.4 Å². The molecule has 0 spiro atoms. The topological polar surface area (TPSA) is 75.7 Å². The Morgan fingerprint density at radius 3 is 2.55 bits per heavy atom. The van der Waals surface area contributed by atoms with E-state index in [0.717, 1.165) is 17.4 Å². The third-order valence-electron chi connectivity index (χ3n) is 5.76. The summed E-state index contributed by atoms with van der Waals surface area (Å²) >= 11 is 1.96. The van der Waals surface area contributed by atoms with Crippen molar-refractivity contribution in [1.82, 2.24) is 9.62 Å². The fourth-order valence-electron chi connectivity index (χ4n) is 4.05. The molecule has 0 aromatic heterocycles. The van der Waals surface area contributed by atoms with Crippen molar-refractivity contribution in [3.8, 4) is 5.75 Å². The Morgan fingerprint density at radius 2 is 1.86 bits per heavy atom. The minimum atomic E-state index is -3.60. The van der Waals surface area contributed by atoms with Crippen LogP contribution < -0.4 is 10.1 Å². The largest absolute Gasteiger partial charge is 0.497 e. The van der Waals surface area contributed by atoms with Crippen molar-refractivity contribution in [1.29, 1.82) is 0 Å². The van der Waals surface area contributed by atoms with Crippen LogP contribution in [-0.2, 0) is 14.8 Å². The number of thioether (sulfide) groups is 1. The number of benzene rings is 1. The second kappa shape index (κ2) is 10.7. The highest BCUT2D eigenvalue weighted by Crippen LogP contribution is 2.28. The van der Waals surface area contributed by atoms with Gasteiger partial charge < -0.3 is 10.1 Å². The lowest BCUT2D eigenvalue weighted by Crippen LogP contribution is -2.45. The van der Waals surface area contributed by atoms with Crippen molar-refractivity contribution in [3.05, 3.63) is 24.3 Å². The van der Waals surface area contributed by atoms with E-state index in [1.807, 2.05) is 11.8 Å². The van der Waals surface area contributed by atoms with Crippen LogP contribution in [0.5, 0.6) is 5.75 Å². The monoisotopic (exact) mass is 440 g/mol. The fourth-order valence-corrected chi connectivity index (χ4v) is 6.79. The summed E-state index contributed by atoms with van der Waals surface area (Å²) in [4.78, 5) is 12.8. The van der Waals surface area contributed by atoms with Crippen molar-refractivity contribution in [2.75, 3.05) is 32.5 Å². The molecule has 1 saturated heterocycles. The highest BCUT2D eigenvalue weighted by atomic mass is 32.2. The summed E-state index contributed by atoms with van der Waals surface area (Å²) in [6.07, 6.45) is 8.01. The fraction of sp³-hybridized carbons (Fsp3) is 0.667. The summed E-state index contributed by atoms with van der Waals surface area (Å²) in [6, 6.07) is 6.40. The van der Waals surface area contributed by atoms with E-state index in [2.05, 4.69) is 5.32 Å². The second-order valence-electron chi connectivity index (χ2n) is 7.80. The van der Waals surface area contributed by atoms with Crippen LogP contribution >= 0.6 is 11.8 Å². The lowest BCUT2D eigenvalue weighted by molar-refractivity contribution is -0.125. The van der Waals surface area contributed by atoms with Gasteiger partial charge in [-0.3, -0.25) is 4.79 Å². The van der Waals surface area contributed by atoms with E-state index in [4.69, 9.17) is 4.74 Å². The van der Waals surface area contributed by atoms with E-state index in [1.165, 1.54) is 36.4 Å². The quantitative estimate of drug-likeness (QED) is 0.628. The molecule has 3 rings (SSSR count). The first-order valence-electron chi connectivity index (χ1n) is 10.5. The van der Waals surface area contributed by atoms with Gasteiger partial charge in [0.1, 0.15) is 5.75 Å². The van der Waals surface area contributed by atoms with E-state index in [1.54, 1.807) is 31.4 Å². The zero-order valence-corrected chi connectivity index (χ0v) is 18.8. The molecular weight excluding hydrogens is 408 g/mol. The molecule has 1 heterocycles. The first-order valence-corrected chi connectivity index (χ1v) is 13.0. The smallest absolute Gasteiger partial charge is 0.243 e. The van der Waals surface area contributed by atoms with Crippen LogP contribution in [0, 0.1) is 5.92 Å². The molecule has 1 saturated carbocycles. The maximum Gasteiger partial charge on any atom is 0.243 e. The van der Waals surface area contributed by atoms with E-state index in [0.29, 0.717) is 25.3 Å². The van der Waals surface area contributed by atoms with Gasteiger partial charge in [-0.25, -0.2) is 8.42 Å². The molecule has 1 aromatic rings. The van der Waals surface area contributed by atoms with Crippen LogP contribution in [0.3, 0.4) is 0 Å². The van der Waals surface area contributed by atoms with Gasteiger partial charge in [-0.15, -0.1) is 0 Å². The Labute approximate surface area is 178 Å². The highest BCUT2D eigenvalue weighted by molar-refractivity contribution is 7.99. The van der Waals surface area contributed by atoms with E-state index >= 15 is 0 Å². The number of amides is 1. The molecule has 1 aliphatic carbocycles. The van der Waals surface area contributed by atoms with Crippen LogP contribution in [0.25, 0.3) is 0 Å². The molecule has 8 heteroatoms. The Hall–Kier alpha value is -1.25. The predicted octanol–water partition coefficient (Wildman–Crippen LogP) is 3.28. The number of rotatable bonds is 8. The molecule has 0 radical (unpaired) electrons. The van der Waals surface area contributed by atoms with Gasteiger partial charge in [-0.05, 0) is 49.9 Å². The predicted molar refractivity (Wildman–Crippen MR) is 117 cm³/mol. The SMILES string of the molecule is COc1ccc(S(=O)(=O)N2CCC[C@@H](C(=O)NCCSC3CCCCC3)C2)cc1. The van der Waals surface area contributed by atoms with Gasteiger partial charge in [0, 0.05) is 30.6 Å². The molecule has 0 bridgehead atoms. The number of carbonyl (C=O) groups excluding carboxylic acids is 1. The summed E-state index contributed by atoms with van der Waals surface area (Å²) in [5.74, 6) is 1.24. The number of piperidine rings is 1. The Morgan fingerprint density at radius 1 is 1.14 bits per heavy atom. The number of nitrogens with zero attached hydrogens (tertiary/aromatic N) is 1. The third kappa shape index (κ3) is 6.12. The molecule has 1 aromatic carbocycles. The number of ether oxygens (including phenoxy) is 1. The van der Waals surface area contributed by atoms with Gasteiger partial charge in [0.15, 0.2) is 0 Å². The number of nitrogens with one attached hydrogen (secondary N) is 1. The van der Waals surface area contributed by atoms with E-state index in [9.17, 15) is 13.2 Å². The van der Waals surface area contributed by atoms with Crippen LogP contribution in [0.15, 0.2) is 29.2 Å². The first kappa shape index (κ1) is 22.4. The molecule has 2 aliphatic rings. The van der Waals surface area contributed by atoms with E-state index < -0.39 is 10.0 Å². The summed E-state index contributed by atoms with van der Waals surface area (Å²) in [7, 11) is -2.05. The molecule has 162 valence electrons. The zero-order chi connectivity index (χ0) is 20.7. The molecule has 1 N–H and O–H groups in total. The molecular formula is C21H32N2O4S2. The maximum absolute atomic E-state index is 12.9. The lowest BCUT2D eigenvalue weighted by atomic mass is 9.99. The second-order valence-corrected chi connectivity index (χ2v) is 11.1. The van der Waals surface area contributed by atoms with Gasteiger partial charge in [0.25, 0.3) is 0 Å². The summed E-state index contributed by atoms with van der Waals surface area (Å²) in [6.45, 7) is 1.35. The van der Waals surface area contributed by atoms with Gasteiger partial charge in [-0.1, -0.05) is 19.3 Å². The Bertz CT molecular complexity index is 761. The van der Waals surface area contributed by atoms with E-state index in [-0.39, 0.29) is 23.3 Å². The highest BCUT2D eigenvalue weighted by Gasteiger charge is 2.33. The van der Waals surface area contributed by atoms with Crippen molar-refractivity contribution < 1.29 is 17.9 Å². The standard InChI is InChI=1S/C21H32N2O4S2/c1-27-18-9-11-20(12-10-18)29(25,26)23-14-5-6-17(16-23)21(24)22-13-15-28-19-7-3-2-4-8-19/h9-12,17,19H,2-8,13-16H2,1H3,(H,22,24)/t17-/m1/s1.